The lowest BCUT2D eigenvalue weighted by Gasteiger charge is -2.04. The molecule has 3 rings (SSSR count). The van der Waals surface area contributed by atoms with Crippen molar-refractivity contribution in [3.05, 3.63) is 80.0 Å². The molecule has 0 atom stereocenters. The predicted molar refractivity (Wildman–Crippen MR) is 98.6 cm³/mol. The minimum atomic E-state index is -0.970. The summed E-state index contributed by atoms with van der Waals surface area (Å²) >= 11 is 1.26. The lowest BCUT2D eigenvalue weighted by atomic mass is 10.2. The van der Waals surface area contributed by atoms with Gasteiger partial charge in [-0.1, -0.05) is 17.7 Å². The zero-order valence-corrected chi connectivity index (χ0v) is 15.0. The number of ether oxygens (including phenoxy) is 1. The maximum Gasteiger partial charge on any atom is 0.306 e. The van der Waals surface area contributed by atoms with Crippen molar-refractivity contribution in [1.82, 2.24) is 4.98 Å². The Kier molecular flexibility index (Phi) is 5.41. The fraction of sp³-hybridized carbons (Fsp3) is 0.111. The number of anilines is 1. The second-order valence-electron chi connectivity index (χ2n) is 5.61. The summed E-state index contributed by atoms with van der Waals surface area (Å²) in [5, 5.41) is 15.4. The molecule has 138 valence electrons. The number of hydrogen-bond acceptors (Lipinski definition) is 6. The van der Waals surface area contributed by atoms with E-state index >= 15 is 0 Å². The summed E-state index contributed by atoms with van der Waals surface area (Å²) in [5.41, 5.74) is 0.669. The maximum atomic E-state index is 13.4. The van der Waals surface area contributed by atoms with Gasteiger partial charge in [0.15, 0.2) is 0 Å². The van der Waals surface area contributed by atoms with Crippen LogP contribution in [0.25, 0.3) is 0 Å². The van der Waals surface area contributed by atoms with Gasteiger partial charge in [-0.3, -0.25) is 14.9 Å². The van der Waals surface area contributed by atoms with Crippen LogP contribution < -0.4 is 10.1 Å². The Hall–Kier alpha value is -3.33. The summed E-state index contributed by atoms with van der Waals surface area (Å²) in [6.07, 6.45) is 0. The van der Waals surface area contributed by atoms with Gasteiger partial charge in [-0.2, -0.15) is 4.39 Å². The lowest BCUT2D eigenvalue weighted by molar-refractivity contribution is -0.387. The van der Waals surface area contributed by atoms with Crippen molar-refractivity contribution in [3.63, 3.8) is 0 Å². The summed E-state index contributed by atoms with van der Waals surface area (Å²) in [4.78, 5) is 26.3. The van der Waals surface area contributed by atoms with Gasteiger partial charge in [0.05, 0.1) is 4.92 Å². The number of halogens is 1. The number of nitro benzene ring substituents is 1. The van der Waals surface area contributed by atoms with Gasteiger partial charge in [0, 0.05) is 17.1 Å². The van der Waals surface area contributed by atoms with Gasteiger partial charge in [0.25, 0.3) is 5.91 Å². The molecular formula is C18H14FN3O4S. The molecule has 9 heteroatoms. The quantitative estimate of drug-likeness (QED) is 0.502. The van der Waals surface area contributed by atoms with Crippen LogP contribution in [0, 0.1) is 22.9 Å². The number of nitro groups is 1. The highest BCUT2D eigenvalue weighted by Crippen LogP contribution is 2.22. The molecule has 0 fully saturated rings. The van der Waals surface area contributed by atoms with E-state index in [1.165, 1.54) is 17.4 Å². The summed E-state index contributed by atoms with van der Waals surface area (Å²) in [7, 11) is 0. The average molecular weight is 387 g/mol. The third-order valence-electron chi connectivity index (χ3n) is 3.57. The summed E-state index contributed by atoms with van der Waals surface area (Å²) in [5.74, 6) is -0.823. The van der Waals surface area contributed by atoms with Gasteiger partial charge in [0.1, 0.15) is 23.1 Å². The highest BCUT2D eigenvalue weighted by Gasteiger charge is 2.17. The Bertz CT molecular complexity index is 989. The van der Waals surface area contributed by atoms with Gasteiger partial charge in [0.2, 0.25) is 5.82 Å². The standard InChI is InChI=1S/C18H14FN3O4S/c1-11-2-5-13(6-3-11)26-9-17-21-15(10-27-17)18(23)20-12-4-7-14(19)16(8-12)22(24)25/h2-8,10H,9H2,1H3,(H,20,23). The number of carbonyl (C=O) groups is 1. The summed E-state index contributed by atoms with van der Waals surface area (Å²) in [6.45, 7) is 2.19. The van der Waals surface area contributed by atoms with Crippen LogP contribution in [0.15, 0.2) is 47.8 Å². The van der Waals surface area contributed by atoms with Crippen molar-refractivity contribution in [2.75, 3.05) is 5.32 Å². The molecule has 0 saturated carbocycles. The number of benzene rings is 2. The van der Waals surface area contributed by atoms with Crippen molar-refractivity contribution in [3.8, 4) is 5.75 Å². The van der Waals surface area contributed by atoms with Crippen molar-refractivity contribution in [1.29, 1.82) is 0 Å². The first-order valence-electron chi connectivity index (χ1n) is 7.81. The number of nitrogens with one attached hydrogen (secondary N) is 1. The average Bonchev–Trinajstić information content (AvgIpc) is 3.12. The minimum absolute atomic E-state index is 0.110. The van der Waals surface area contributed by atoms with Crippen LogP contribution in [0.2, 0.25) is 0 Å². The monoisotopic (exact) mass is 387 g/mol. The Balaban J connectivity index is 1.63. The van der Waals surface area contributed by atoms with Crippen LogP contribution in [-0.2, 0) is 6.61 Å². The van der Waals surface area contributed by atoms with E-state index in [1.807, 2.05) is 31.2 Å². The molecule has 0 bridgehead atoms. The summed E-state index contributed by atoms with van der Waals surface area (Å²) in [6, 6.07) is 10.7. The zero-order chi connectivity index (χ0) is 19.4. The number of aryl methyl sites for hydroxylation is 1. The third kappa shape index (κ3) is 4.64. The second kappa shape index (κ2) is 7.92. The Morgan fingerprint density at radius 2 is 2.04 bits per heavy atom. The lowest BCUT2D eigenvalue weighted by Crippen LogP contribution is -2.13. The van der Waals surface area contributed by atoms with Crippen molar-refractivity contribution < 1.29 is 18.8 Å². The minimum Gasteiger partial charge on any atom is -0.486 e. The van der Waals surface area contributed by atoms with Gasteiger partial charge < -0.3 is 10.1 Å². The van der Waals surface area contributed by atoms with E-state index in [1.54, 1.807) is 5.38 Å². The molecule has 0 spiro atoms. The van der Waals surface area contributed by atoms with Crippen LogP contribution >= 0.6 is 11.3 Å². The number of aromatic nitrogens is 1. The number of nitrogens with zero attached hydrogens (tertiary/aromatic N) is 2. The zero-order valence-electron chi connectivity index (χ0n) is 14.1. The van der Waals surface area contributed by atoms with E-state index < -0.39 is 22.3 Å². The number of thiazole rings is 1. The molecular weight excluding hydrogens is 373 g/mol. The van der Waals surface area contributed by atoms with Crippen LogP contribution in [0.4, 0.5) is 15.8 Å². The molecule has 2 aromatic carbocycles. The van der Waals surface area contributed by atoms with E-state index in [9.17, 15) is 19.3 Å². The molecule has 0 aliphatic heterocycles. The fourth-order valence-corrected chi connectivity index (χ4v) is 2.87. The number of carbonyl (C=O) groups excluding carboxylic acids is 1. The molecule has 0 radical (unpaired) electrons. The molecule has 1 aromatic heterocycles. The predicted octanol–water partition coefficient (Wildman–Crippen LogP) is 4.33. The molecule has 0 aliphatic rings. The molecule has 7 nitrogen and oxygen atoms in total. The molecule has 27 heavy (non-hydrogen) atoms. The first-order valence-corrected chi connectivity index (χ1v) is 8.69. The number of rotatable bonds is 6. The highest BCUT2D eigenvalue weighted by atomic mass is 32.1. The molecule has 0 aliphatic carbocycles. The second-order valence-corrected chi connectivity index (χ2v) is 6.55. The van der Waals surface area contributed by atoms with Crippen LogP contribution in [0.5, 0.6) is 5.75 Å². The molecule has 1 N–H and O–H groups in total. The molecule has 1 heterocycles. The smallest absolute Gasteiger partial charge is 0.306 e. The van der Waals surface area contributed by atoms with Gasteiger partial charge in [-0.15, -0.1) is 11.3 Å². The Labute approximate surface area is 157 Å². The van der Waals surface area contributed by atoms with Gasteiger partial charge in [-0.05, 0) is 31.2 Å². The van der Waals surface area contributed by atoms with Crippen LogP contribution in [-0.4, -0.2) is 15.8 Å². The largest absolute Gasteiger partial charge is 0.486 e. The first-order chi connectivity index (χ1) is 12.9. The third-order valence-corrected chi connectivity index (χ3v) is 4.39. The van der Waals surface area contributed by atoms with Crippen molar-refractivity contribution in [2.45, 2.75) is 13.5 Å². The Morgan fingerprint density at radius 3 is 2.74 bits per heavy atom. The highest BCUT2D eigenvalue weighted by molar-refractivity contribution is 7.09. The normalized spacial score (nSPS) is 10.4. The van der Waals surface area contributed by atoms with Gasteiger partial charge >= 0.3 is 5.69 Å². The molecule has 1 amide bonds. The fourth-order valence-electron chi connectivity index (χ4n) is 2.19. The molecule has 3 aromatic rings. The number of amides is 1. The molecule has 0 unspecified atom stereocenters. The van der Waals surface area contributed by atoms with E-state index in [2.05, 4.69) is 10.3 Å². The summed E-state index contributed by atoms with van der Waals surface area (Å²) < 4.78 is 19.0. The van der Waals surface area contributed by atoms with Crippen molar-refractivity contribution >= 4 is 28.6 Å². The van der Waals surface area contributed by atoms with E-state index in [0.717, 1.165) is 17.7 Å². The SMILES string of the molecule is Cc1ccc(OCc2nc(C(=O)Nc3ccc(F)c([N+](=O)[O-])c3)cs2)cc1. The van der Waals surface area contributed by atoms with E-state index in [0.29, 0.717) is 10.8 Å². The maximum absolute atomic E-state index is 13.4. The topological polar surface area (TPSA) is 94.4 Å². The molecule has 0 saturated heterocycles. The van der Waals surface area contributed by atoms with Crippen LogP contribution in [0.3, 0.4) is 0 Å². The first kappa shape index (κ1) is 18.5. The number of hydrogen-bond donors (Lipinski definition) is 1. The van der Waals surface area contributed by atoms with Crippen molar-refractivity contribution in [2.24, 2.45) is 0 Å². The Morgan fingerprint density at radius 1 is 1.30 bits per heavy atom. The van der Waals surface area contributed by atoms with E-state index in [4.69, 9.17) is 4.74 Å². The van der Waals surface area contributed by atoms with Crippen LogP contribution in [0.1, 0.15) is 21.1 Å². The van der Waals surface area contributed by atoms with E-state index in [-0.39, 0.29) is 18.0 Å². The van der Waals surface area contributed by atoms with Gasteiger partial charge in [-0.25, -0.2) is 4.98 Å².